The molecule has 0 radical (unpaired) electrons. The SMILES string of the molecule is N#Cc1cnc(NCc2ccccc2Cl)nc1NCC1C[C@H]2CCC[C@@H](C1)[C@@H]2N[C@H]1CC[C@H](N)CC1. The van der Waals surface area contributed by atoms with Gasteiger partial charge in [0, 0.05) is 36.2 Å². The summed E-state index contributed by atoms with van der Waals surface area (Å²) in [6, 6.07) is 11.6. The molecule has 5 N–H and O–H groups in total. The largest absolute Gasteiger partial charge is 0.369 e. The third kappa shape index (κ3) is 6.11. The quantitative estimate of drug-likeness (QED) is 0.394. The maximum atomic E-state index is 9.60. The van der Waals surface area contributed by atoms with Crippen LogP contribution in [0.1, 0.15) is 68.9 Å². The van der Waals surface area contributed by atoms with Crippen molar-refractivity contribution >= 4 is 23.4 Å². The van der Waals surface area contributed by atoms with E-state index in [0.29, 0.717) is 52.9 Å². The molecule has 0 amide bonds. The third-order valence-electron chi connectivity index (χ3n) is 8.50. The Morgan fingerprint density at radius 3 is 2.50 bits per heavy atom. The first-order valence-electron chi connectivity index (χ1n) is 13.6. The fourth-order valence-electron chi connectivity index (χ4n) is 6.61. The summed E-state index contributed by atoms with van der Waals surface area (Å²) in [4.78, 5) is 8.94. The number of hydrogen-bond acceptors (Lipinski definition) is 7. The van der Waals surface area contributed by atoms with Crippen molar-refractivity contribution in [1.82, 2.24) is 15.3 Å². The summed E-state index contributed by atoms with van der Waals surface area (Å²) in [5, 5.41) is 21.1. The van der Waals surface area contributed by atoms with E-state index in [1.54, 1.807) is 6.20 Å². The van der Waals surface area contributed by atoms with Gasteiger partial charge in [0.25, 0.3) is 0 Å². The van der Waals surface area contributed by atoms with Crippen molar-refractivity contribution in [3.8, 4) is 6.07 Å². The number of hydrogen-bond donors (Lipinski definition) is 4. The Kier molecular flexibility index (Phi) is 8.25. The topological polar surface area (TPSA) is 112 Å². The van der Waals surface area contributed by atoms with Crippen LogP contribution in [0.2, 0.25) is 5.02 Å². The second kappa shape index (κ2) is 11.8. The van der Waals surface area contributed by atoms with Crippen molar-refractivity contribution in [3.05, 3.63) is 46.6 Å². The van der Waals surface area contributed by atoms with Crippen LogP contribution in [0.3, 0.4) is 0 Å². The Morgan fingerprint density at radius 1 is 1.03 bits per heavy atom. The Labute approximate surface area is 219 Å². The van der Waals surface area contributed by atoms with Gasteiger partial charge in [-0.2, -0.15) is 10.2 Å². The van der Waals surface area contributed by atoms with Gasteiger partial charge in [0.1, 0.15) is 17.5 Å². The summed E-state index contributed by atoms with van der Waals surface area (Å²) >= 11 is 6.27. The van der Waals surface area contributed by atoms with Crippen LogP contribution < -0.4 is 21.7 Å². The molecule has 0 saturated heterocycles. The van der Waals surface area contributed by atoms with Gasteiger partial charge in [0.05, 0.1) is 6.20 Å². The van der Waals surface area contributed by atoms with E-state index in [4.69, 9.17) is 17.3 Å². The molecule has 3 fully saturated rings. The highest BCUT2D eigenvalue weighted by atomic mass is 35.5. The number of nitrogens with one attached hydrogen (secondary N) is 3. The summed E-state index contributed by atoms with van der Waals surface area (Å²) in [7, 11) is 0. The molecule has 0 spiro atoms. The van der Waals surface area contributed by atoms with Gasteiger partial charge in [-0.05, 0) is 80.8 Å². The summed E-state index contributed by atoms with van der Waals surface area (Å²) in [6.45, 7) is 1.37. The predicted molar refractivity (Wildman–Crippen MR) is 145 cm³/mol. The van der Waals surface area contributed by atoms with Gasteiger partial charge < -0.3 is 21.7 Å². The molecule has 4 atom stereocenters. The first-order valence-corrected chi connectivity index (χ1v) is 14.0. The van der Waals surface area contributed by atoms with Crippen LogP contribution in [0.25, 0.3) is 0 Å². The van der Waals surface area contributed by atoms with Crippen molar-refractivity contribution in [3.63, 3.8) is 0 Å². The average molecular weight is 508 g/mol. The maximum Gasteiger partial charge on any atom is 0.224 e. The fraction of sp³-hybridized carbons (Fsp3) is 0.607. The molecule has 1 heterocycles. The average Bonchev–Trinajstić information content (AvgIpc) is 2.88. The first kappa shape index (κ1) is 25.3. The van der Waals surface area contributed by atoms with E-state index in [-0.39, 0.29) is 0 Å². The molecule has 2 bridgehead atoms. The molecule has 5 rings (SSSR count). The number of nitrogens with zero attached hydrogens (tertiary/aromatic N) is 3. The lowest BCUT2D eigenvalue weighted by Gasteiger charge is -2.48. The normalized spacial score (nSPS) is 29.8. The molecule has 3 aliphatic rings. The number of halogens is 1. The number of rotatable bonds is 8. The minimum Gasteiger partial charge on any atom is -0.369 e. The maximum absolute atomic E-state index is 9.60. The Morgan fingerprint density at radius 2 is 1.78 bits per heavy atom. The van der Waals surface area contributed by atoms with Crippen molar-refractivity contribution < 1.29 is 0 Å². The van der Waals surface area contributed by atoms with Crippen molar-refractivity contribution in [2.24, 2.45) is 23.5 Å². The molecular weight excluding hydrogens is 470 g/mol. The highest BCUT2D eigenvalue weighted by molar-refractivity contribution is 6.31. The van der Waals surface area contributed by atoms with Gasteiger partial charge in [-0.15, -0.1) is 0 Å². The molecule has 2 aromatic rings. The molecule has 1 aromatic heterocycles. The lowest BCUT2D eigenvalue weighted by atomic mass is 9.64. The lowest BCUT2D eigenvalue weighted by Crippen LogP contribution is -2.54. The van der Waals surface area contributed by atoms with Gasteiger partial charge in [-0.25, -0.2) is 4.98 Å². The molecule has 36 heavy (non-hydrogen) atoms. The van der Waals surface area contributed by atoms with Crippen molar-refractivity contribution in [1.29, 1.82) is 5.26 Å². The third-order valence-corrected chi connectivity index (χ3v) is 8.87. The molecule has 3 aliphatic carbocycles. The summed E-state index contributed by atoms with van der Waals surface area (Å²) in [6.07, 6.45) is 12.8. The second-order valence-electron chi connectivity index (χ2n) is 11.0. The summed E-state index contributed by atoms with van der Waals surface area (Å²) in [5.41, 5.74) is 7.59. The van der Waals surface area contributed by atoms with Gasteiger partial charge >= 0.3 is 0 Å². The molecule has 0 aliphatic heterocycles. The Bertz CT molecular complexity index is 1050. The van der Waals surface area contributed by atoms with E-state index in [1.807, 2.05) is 24.3 Å². The molecule has 1 unspecified atom stereocenters. The van der Waals surface area contributed by atoms with Crippen LogP contribution in [-0.4, -0.2) is 34.6 Å². The van der Waals surface area contributed by atoms with Crippen LogP contribution in [0, 0.1) is 29.1 Å². The molecule has 7 nitrogen and oxygen atoms in total. The smallest absolute Gasteiger partial charge is 0.224 e. The highest BCUT2D eigenvalue weighted by Crippen LogP contribution is 2.43. The minimum atomic E-state index is 0.399. The van der Waals surface area contributed by atoms with Gasteiger partial charge in [-0.1, -0.05) is 36.2 Å². The van der Waals surface area contributed by atoms with E-state index >= 15 is 0 Å². The number of benzene rings is 1. The van der Waals surface area contributed by atoms with Gasteiger partial charge in [0.15, 0.2) is 0 Å². The minimum absolute atomic E-state index is 0.399. The van der Waals surface area contributed by atoms with E-state index in [0.717, 1.165) is 36.8 Å². The van der Waals surface area contributed by atoms with Crippen LogP contribution >= 0.6 is 11.6 Å². The fourth-order valence-corrected chi connectivity index (χ4v) is 6.81. The molecular formula is C28H38ClN7. The Hall–Kier alpha value is -2.40. The second-order valence-corrected chi connectivity index (χ2v) is 11.4. The summed E-state index contributed by atoms with van der Waals surface area (Å²) in [5.74, 6) is 3.19. The van der Waals surface area contributed by atoms with E-state index in [2.05, 4.69) is 32.0 Å². The van der Waals surface area contributed by atoms with Gasteiger partial charge in [0.2, 0.25) is 5.95 Å². The summed E-state index contributed by atoms with van der Waals surface area (Å²) < 4.78 is 0. The molecule has 3 saturated carbocycles. The van der Waals surface area contributed by atoms with E-state index in [9.17, 15) is 5.26 Å². The van der Waals surface area contributed by atoms with Crippen molar-refractivity contribution in [2.75, 3.05) is 17.2 Å². The van der Waals surface area contributed by atoms with Gasteiger partial charge in [-0.3, -0.25) is 0 Å². The number of fused-ring (bicyclic) bond motifs is 2. The zero-order valence-electron chi connectivity index (χ0n) is 20.9. The molecule has 8 heteroatoms. The van der Waals surface area contributed by atoms with E-state index < -0.39 is 0 Å². The number of aromatic nitrogens is 2. The zero-order valence-corrected chi connectivity index (χ0v) is 21.7. The molecule has 192 valence electrons. The zero-order chi connectivity index (χ0) is 24.9. The Balaban J connectivity index is 1.18. The van der Waals surface area contributed by atoms with E-state index in [1.165, 1.54) is 44.9 Å². The molecule has 1 aromatic carbocycles. The van der Waals surface area contributed by atoms with Crippen LogP contribution in [0.5, 0.6) is 0 Å². The van der Waals surface area contributed by atoms with Crippen molar-refractivity contribution in [2.45, 2.75) is 82.5 Å². The number of nitriles is 1. The standard InChI is InChI=1S/C28H38ClN7/c29-25-7-2-1-4-21(25)16-33-28-34-17-22(14-30)27(36-28)32-15-18-12-19-5-3-6-20(13-18)26(19)35-24-10-8-23(31)9-11-24/h1-2,4,7,17-20,23-24,26,35H,3,5-6,8-13,15-16,31H2,(H2,32,33,34,36)/t18?,19-,20+,23-,24-,26-. The monoisotopic (exact) mass is 507 g/mol. The number of nitrogens with two attached hydrogens (primary N) is 1. The first-order chi connectivity index (χ1) is 17.6. The number of anilines is 2. The van der Waals surface area contributed by atoms with Crippen LogP contribution in [-0.2, 0) is 6.54 Å². The van der Waals surface area contributed by atoms with Crippen LogP contribution in [0.4, 0.5) is 11.8 Å². The predicted octanol–water partition coefficient (Wildman–Crippen LogP) is 5.08. The highest BCUT2D eigenvalue weighted by Gasteiger charge is 2.41. The van der Waals surface area contributed by atoms with Crippen LogP contribution in [0.15, 0.2) is 30.5 Å². The lowest BCUT2D eigenvalue weighted by molar-refractivity contribution is 0.0750.